The fourth-order valence-electron chi connectivity index (χ4n) is 4.91. The number of aliphatic hydroxyl groups excluding tert-OH is 1. The number of thiazole rings is 1. The predicted molar refractivity (Wildman–Crippen MR) is 159 cm³/mol. The van der Waals surface area contributed by atoms with E-state index in [0.29, 0.717) is 39.4 Å². The van der Waals surface area contributed by atoms with E-state index in [2.05, 4.69) is 4.98 Å². The van der Waals surface area contributed by atoms with Gasteiger partial charge in [-0.15, -0.1) is 0 Å². The van der Waals surface area contributed by atoms with Gasteiger partial charge in [0.05, 0.1) is 28.9 Å². The SMILES string of the molecule is COc1cc(C2C(=C(O)c3ccc(C)cc3)C(=O)C(=O)N2c2nc3ccc(F)cc3s2)ccc1OCc1ccccc1. The fraction of sp³-hybridized carbons (Fsp3) is 0.121. The highest BCUT2D eigenvalue weighted by Gasteiger charge is 2.48. The van der Waals surface area contributed by atoms with Gasteiger partial charge in [0, 0.05) is 5.56 Å². The lowest BCUT2D eigenvalue weighted by Crippen LogP contribution is -2.29. The molecule has 1 unspecified atom stereocenters. The Hall–Kier alpha value is -5.02. The van der Waals surface area contributed by atoms with Gasteiger partial charge < -0.3 is 14.6 Å². The van der Waals surface area contributed by atoms with Crippen LogP contribution in [0, 0.1) is 12.7 Å². The Morgan fingerprint density at radius 1 is 0.976 bits per heavy atom. The first-order chi connectivity index (χ1) is 20.3. The molecule has 1 aromatic heterocycles. The minimum atomic E-state index is -1.03. The van der Waals surface area contributed by atoms with Gasteiger partial charge in [0.15, 0.2) is 16.6 Å². The zero-order valence-corrected chi connectivity index (χ0v) is 23.5. The van der Waals surface area contributed by atoms with Gasteiger partial charge in [0.1, 0.15) is 18.2 Å². The summed E-state index contributed by atoms with van der Waals surface area (Å²) in [6.45, 7) is 2.22. The Morgan fingerprint density at radius 3 is 2.48 bits per heavy atom. The van der Waals surface area contributed by atoms with Crippen LogP contribution in [0.4, 0.5) is 9.52 Å². The van der Waals surface area contributed by atoms with Crippen molar-refractivity contribution in [1.82, 2.24) is 4.98 Å². The van der Waals surface area contributed by atoms with E-state index in [9.17, 15) is 19.1 Å². The number of hydrogen-bond donors (Lipinski definition) is 1. The smallest absolute Gasteiger partial charge is 0.301 e. The number of hydrogen-bond acceptors (Lipinski definition) is 7. The summed E-state index contributed by atoms with van der Waals surface area (Å²) in [7, 11) is 1.50. The molecule has 0 bridgehead atoms. The number of carbonyl (C=O) groups is 2. The predicted octanol–water partition coefficient (Wildman–Crippen LogP) is 6.96. The van der Waals surface area contributed by atoms with Crippen molar-refractivity contribution >= 4 is 44.1 Å². The van der Waals surface area contributed by atoms with Crippen molar-refractivity contribution in [3.05, 3.63) is 125 Å². The van der Waals surface area contributed by atoms with E-state index in [4.69, 9.17) is 9.47 Å². The minimum Gasteiger partial charge on any atom is -0.507 e. The summed E-state index contributed by atoms with van der Waals surface area (Å²) in [6.07, 6.45) is 0. The summed E-state index contributed by atoms with van der Waals surface area (Å²) in [6, 6.07) is 24.9. The van der Waals surface area contributed by atoms with Crippen molar-refractivity contribution < 1.29 is 28.6 Å². The number of aromatic nitrogens is 1. The number of ether oxygens (including phenoxy) is 2. The summed E-state index contributed by atoms with van der Waals surface area (Å²) in [5.41, 5.74) is 3.23. The van der Waals surface area contributed by atoms with Gasteiger partial charge in [-0.05, 0) is 48.4 Å². The van der Waals surface area contributed by atoms with Crippen LogP contribution in [0.15, 0.2) is 96.6 Å². The number of carbonyl (C=O) groups excluding carboxylic acids is 2. The third kappa shape index (κ3) is 4.99. The molecule has 9 heteroatoms. The van der Waals surface area contributed by atoms with Crippen LogP contribution >= 0.6 is 11.3 Å². The summed E-state index contributed by atoms with van der Waals surface area (Å²) >= 11 is 1.08. The van der Waals surface area contributed by atoms with Crippen molar-refractivity contribution in [2.45, 2.75) is 19.6 Å². The van der Waals surface area contributed by atoms with Crippen LogP contribution in [0.3, 0.4) is 0 Å². The normalized spacial score (nSPS) is 16.3. The molecule has 1 N–H and O–H groups in total. The Morgan fingerprint density at radius 2 is 1.74 bits per heavy atom. The van der Waals surface area contributed by atoms with Crippen LogP contribution in [0.25, 0.3) is 16.0 Å². The van der Waals surface area contributed by atoms with Crippen LogP contribution in [0.2, 0.25) is 0 Å². The molecule has 210 valence electrons. The molecule has 2 heterocycles. The third-order valence-electron chi connectivity index (χ3n) is 7.06. The molecular weight excluding hydrogens is 555 g/mol. The number of fused-ring (bicyclic) bond motifs is 1. The molecule has 0 spiro atoms. The first-order valence-electron chi connectivity index (χ1n) is 13.1. The number of methoxy groups -OCH3 is 1. The van der Waals surface area contributed by atoms with Crippen molar-refractivity contribution in [2.75, 3.05) is 12.0 Å². The number of amides is 1. The molecule has 7 nitrogen and oxygen atoms in total. The summed E-state index contributed by atoms with van der Waals surface area (Å²) in [4.78, 5) is 32.9. The number of ketones is 1. The molecule has 6 rings (SSSR count). The average Bonchev–Trinajstić information content (AvgIpc) is 3.53. The molecule has 1 fully saturated rings. The second kappa shape index (κ2) is 11.1. The number of aliphatic hydroxyl groups is 1. The molecule has 1 atom stereocenters. The van der Waals surface area contributed by atoms with Gasteiger partial charge in [-0.25, -0.2) is 9.37 Å². The van der Waals surface area contributed by atoms with Gasteiger partial charge in [-0.1, -0.05) is 77.6 Å². The van der Waals surface area contributed by atoms with Crippen LogP contribution in [-0.4, -0.2) is 28.9 Å². The largest absolute Gasteiger partial charge is 0.507 e. The Labute approximate surface area is 245 Å². The molecular formula is C33H25FN2O5S. The highest BCUT2D eigenvalue weighted by molar-refractivity contribution is 7.22. The summed E-state index contributed by atoms with van der Waals surface area (Å²) in [5, 5.41) is 11.6. The zero-order chi connectivity index (χ0) is 29.4. The lowest BCUT2D eigenvalue weighted by molar-refractivity contribution is -0.132. The van der Waals surface area contributed by atoms with Crippen LogP contribution < -0.4 is 14.4 Å². The van der Waals surface area contributed by atoms with E-state index in [1.54, 1.807) is 30.3 Å². The third-order valence-corrected chi connectivity index (χ3v) is 8.07. The number of Topliss-reactive ketones (excluding diaryl/α,β-unsaturated/α-hetero) is 1. The van der Waals surface area contributed by atoms with E-state index in [1.807, 2.05) is 49.4 Å². The van der Waals surface area contributed by atoms with Crippen LogP contribution in [0.1, 0.15) is 28.3 Å². The lowest BCUT2D eigenvalue weighted by atomic mass is 9.95. The van der Waals surface area contributed by atoms with E-state index in [1.165, 1.54) is 30.2 Å². The van der Waals surface area contributed by atoms with Gasteiger partial charge in [0.2, 0.25) is 0 Å². The Kier molecular flexibility index (Phi) is 7.18. The summed E-state index contributed by atoms with van der Waals surface area (Å²) in [5.74, 6) is -1.60. The molecule has 42 heavy (non-hydrogen) atoms. The number of anilines is 1. The maximum Gasteiger partial charge on any atom is 0.301 e. The van der Waals surface area contributed by atoms with Gasteiger partial charge in [0.25, 0.3) is 5.78 Å². The molecule has 0 aliphatic carbocycles. The second-order valence-electron chi connectivity index (χ2n) is 9.83. The van der Waals surface area contributed by atoms with E-state index >= 15 is 0 Å². The number of benzene rings is 4. The van der Waals surface area contributed by atoms with Crippen molar-refractivity contribution in [3.8, 4) is 11.5 Å². The monoisotopic (exact) mass is 580 g/mol. The Bertz CT molecular complexity index is 1850. The number of rotatable bonds is 7. The standard InChI is InChI=1S/C33H25FN2O5S/c1-19-8-10-21(11-9-19)30(37)28-29(22-12-15-25(26(16-22)40-2)41-18-20-6-4-3-5-7-20)36(32(39)31(28)38)33-35-24-14-13-23(34)17-27(24)42-33/h3-17,29,37H,18H2,1-2H3. The van der Waals surface area contributed by atoms with Gasteiger partial charge >= 0.3 is 5.91 Å². The second-order valence-corrected chi connectivity index (χ2v) is 10.8. The molecule has 1 amide bonds. The maximum atomic E-state index is 14.0. The van der Waals surface area contributed by atoms with Crippen LogP contribution in [0.5, 0.6) is 11.5 Å². The summed E-state index contributed by atoms with van der Waals surface area (Å²) < 4.78 is 26.1. The topological polar surface area (TPSA) is 89.0 Å². The van der Waals surface area contributed by atoms with E-state index < -0.39 is 23.5 Å². The first kappa shape index (κ1) is 27.2. The first-order valence-corrected chi connectivity index (χ1v) is 13.9. The Balaban J connectivity index is 1.48. The maximum absolute atomic E-state index is 14.0. The lowest BCUT2D eigenvalue weighted by Gasteiger charge is -2.24. The molecule has 1 saturated heterocycles. The molecule has 0 radical (unpaired) electrons. The molecule has 4 aromatic carbocycles. The molecule has 1 aliphatic heterocycles. The highest BCUT2D eigenvalue weighted by Crippen LogP contribution is 2.46. The van der Waals surface area contributed by atoms with E-state index in [0.717, 1.165) is 22.5 Å². The van der Waals surface area contributed by atoms with Crippen molar-refractivity contribution in [2.24, 2.45) is 0 Å². The molecule has 5 aromatic rings. The van der Waals surface area contributed by atoms with E-state index in [-0.39, 0.29) is 16.5 Å². The highest BCUT2D eigenvalue weighted by atomic mass is 32.1. The number of aryl methyl sites for hydroxylation is 1. The number of halogens is 1. The van der Waals surface area contributed by atoms with Gasteiger partial charge in [-0.3, -0.25) is 14.5 Å². The zero-order valence-electron chi connectivity index (χ0n) is 22.7. The molecule has 0 saturated carbocycles. The minimum absolute atomic E-state index is 0.0886. The average molecular weight is 581 g/mol. The van der Waals surface area contributed by atoms with Crippen molar-refractivity contribution in [3.63, 3.8) is 0 Å². The van der Waals surface area contributed by atoms with Crippen LogP contribution in [-0.2, 0) is 16.2 Å². The number of nitrogens with zero attached hydrogens (tertiary/aromatic N) is 2. The van der Waals surface area contributed by atoms with Crippen molar-refractivity contribution in [1.29, 1.82) is 0 Å². The fourth-order valence-corrected chi connectivity index (χ4v) is 5.93. The molecule has 1 aliphatic rings. The quantitative estimate of drug-likeness (QED) is 0.127. The van der Waals surface area contributed by atoms with Gasteiger partial charge in [-0.2, -0.15) is 0 Å².